The molecule has 1 N–H and O–H groups in total. The lowest BCUT2D eigenvalue weighted by Gasteiger charge is -2.22. The summed E-state index contributed by atoms with van der Waals surface area (Å²) in [5, 5.41) is 3.72. The highest BCUT2D eigenvalue weighted by Gasteiger charge is 2.25. The molecule has 1 atom stereocenters. The first-order valence-corrected chi connectivity index (χ1v) is 13.9. The average molecular weight is 540 g/mol. The van der Waals surface area contributed by atoms with Crippen LogP contribution in [0, 0.1) is 12.8 Å². The molecule has 1 aliphatic carbocycles. The SMILES string of the molecule is Cc1nc2c(OCC3CCCCC3)cccn2c1C(=O)NC(CCC(=O)OC(C)(C)C)c1ccc(Cl)cc1. The smallest absolute Gasteiger partial charge is 0.306 e. The summed E-state index contributed by atoms with van der Waals surface area (Å²) in [7, 11) is 0. The zero-order chi connectivity index (χ0) is 27.3. The Labute approximate surface area is 229 Å². The maximum atomic E-state index is 13.6. The summed E-state index contributed by atoms with van der Waals surface area (Å²) in [6, 6.07) is 10.6. The molecule has 0 bridgehead atoms. The minimum Gasteiger partial charge on any atom is -0.489 e. The first kappa shape index (κ1) is 28.0. The van der Waals surface area contributed by atoms with Gasteiger partial charge >= 0.3 is 5.97 Å². The highest BCUT2D eigenvalue weighted by molar-refractivity contribution is 6.30. The van der Waals surface area contributed by atoms with Gasteiger partial charge in [-0.15, -0.1) is 0 Å². The number of aryl methyl sites for hydroxylation is 1. The number of ether oxygens (including phenoxy) is 2. The summed E-state index contributed by atoms with van der Waals surface area (Å²) in [6.07, 6.45) is 8.58. The van der Waals surface area contributed by atoms with Crippen molar-refractivity contribution < 1.29 is 19.1 Å². The van der Waals surface area contributed by atoms with Crippen LogP contribution < -0.4 is 10.1 Å². The van der Waals surface area contributed by atoms with Crippen LogP contribution in [0.25, 0.3) is 5.65 Å². The van der Waals surface area contributed by atoms with Crippen molar-refractivity contribution in [3.05, 3.63) is 64.6 Å². The van der Waals surface area contributed by atoms with E-state index in [9.17, 15) is 9.59 Å². The van der Waals surface area contributed by atoms with Gasteiger partial charge in [0.25, 0.3) is 5.91 Å². The first-order chi connectivity index (χ1) is 18.1. The Bertz CT molecular complexity index is 1260. The normalized spacial score (nSPS) is 15.3. The number of pyridine rings is 1. The molecule has 2 aromatic heterocycles. The standard InChI is InChI=1S/C30H38ClN3O4/c1-20-27(34-18-8-11-25(28(34)32-20)37-19-21-9-6-5-7-10-21)29(36)33-24(22-12-14-23(31)15-13-22)16-17-26(35)38-30(2,3)4/h8,11-15,18,21,24H,5-7,9-10,16-17,19H2,1-4H3,(H,33,36). The molecule has 1 aromatic carbocycles. The molecule has 8 heteroatoms. The number of nitrogens with zero attached hydrogens (tertiary/aromatic N) is 2. The van der Waals surface area contributed by atoms with Crippen LogP contribution in [0.1, 0.15) is 93.5 Å². The van der Waals surface area contributed by atoms with E-state index < -0.39 is 11.6 Å². The van der Waals surface area contributed by atoms with Crippen LogP contribution in [-0.2, 0) is 9.53 Å². The van der Waals surface area contributed by atoms with Gasteiger partial charge in [0, 0.05) is 17.6 Å². The van der Waals surface area contributed by atoms with E-state index in [1.165, 1.54) is 32.1 Å². The molecule has 1 unspecified atom stereocenters. The monoisotopic (exact) mass is 539 g/mol. The molecule has 2 heterocycles. The lowest BCUT2D eigenvalue weighted by atomic mass is 9.90. The number of halogens is 1. The minimum absolute atomic E-state index is 0.163. The van der Waals surface area contributed by atoms with Crippen LogP contribution in [0.2, 0.25) is 5.02 Å². The number of carbonyl (C=O) groups is 2. The second-order valence-corrected chi connectivity index (χ2v) is 11.6. The van der Waals surface area contributed by atoms with Gasteiger partial charge in [0.15, 0.2) is 11.4 Å². The molecule has 4 rings (SSSR count). The average Bonchev–Trinajstić information content (AvgIpc) is 3.21. The summed E-state index contributed by atoms with van der Waals surface area (Å²) in [5.41, 5.74) is 1.97. The van der Waals surface area contributed by atoms with Crippen LogP contribution in [0.15, 0.2) is 42.6 Å². The predicted octanol–water partition coefficient (Wildman–Crippen LogP) is 6.85. The zero-order valence-corrected chi connectivity index (χ0v) is 23.5. The number of nitrogens with one attached hydrogen (secondary N) is 1. The molecule has 0 saturated heterocycles. The van der Waals surface area contributed by atoms with E-state index in [2.05, 4.69) is 10.3 Å². The number of aromatic nitrogens is 2. The Morgan fingerprint density at radius 2 is 1.84 bits per heavy atom. The fourth-order valence-corrected chi connectivity index (χ4v) is 5.13. The summed E-state index contributed by atoms with van der Waals surface area (Å²) < 4.78 is 13.5. The quantitative estimate of drug-likeness (QED) is 0.301. The molecular weight excluding hydrogens is 502 g/mol. The topological polar surface area (TPSA) is 81.9 Å². The molecule has 1 saturated carbocycles. The number of benzene rings is 1. The Balaban J connectivity index is 1.53. The van der Waals surface area contributed by atoms with Gasteiger partial charge in [-0.05, 0) is 82.7 Å². The van der Waals surface area contributed by atoms with Crippen LogP contribution in [0.4, 0.5) is 0 Å². The van der Waals surface area contributed by atoms with E-state index in [1.54, 1.807) is 16.5 Å². The summed E-state index contributed by atoms with van der Waals surface area (Å²) >= 11 is 6.09. The highest BCUT2D eigenvalue weighted by atomic mass is 35.5. The summed E-state index contributed by atoms with van der Waals surface area (Å²) in [6.45, 7) is 8.00. The lowest BCUT2D eigenvalue weighted by Crippen LogP contribution is -2.31. The Hall–Kier alpha value is -3.06. The minimum atomic E-state index is -0.569. The van der Waals surface area contributed by atoms with Gasteiger partial charge in [0.05, 0.1) is 18.3 Å². The number of imidazole rings is 1. The molecule has 204 valence electrons. The van der Waals surface area contributed by atoms with Gasteiger partial charge in [0.1, 0.15) is 11.3 Å². The van der Waals surface area contributed by atoms with E-state index in [0.29, 0.717) is 46.8 Å². The van der Waals surface area contributed by atoms with Gasteiger partial charge in [-0.1, -0.05) is 43.0 Å². The van der Waals surface area contributed by atoms with Crippen LogP contribution in [-0.4, -0.2) is 33.5 Å². The van der Waals surface area contributed by atoms with Crippen molar-refractivity contribution in [2.24, 2.45) is 5.92 Å². The van der Waals surface area contributed by atoms with Crippen LogP contribution >= 0.6 is 11.6 Å². The molecule has 1 fully saturated rings. The molecular formula is C30H38ClN3O4. The van der Waals surface area contributed by atoms with Crippen molar-refractivity contribution in [1.29, 1.82) is 0 Å². The Morgan fingerprint density at radius 3 is 2.53 bits per heavy atom. The van der Waals surface area contributed by atoms with E-state index >= 15 is 0 Å². The number of amides is 1. The van der Waals surface area contributed by atoms with Gasteiger partial charge < -0.3 is 14.8 Å². The largest absolute Gasteiger partial charge is 0.489 e. The molecule has 3 aromatic rings. The first-order valence-electron chi connectivity index (χ1n) is 13.5. The maximum absolute atomic E-state index is 13.6. The van der Waals surface area contributed by atoms with Crippen LogP contribution in [0.5, 0.6) is 5.75 Å². The van der Waals surface area contributed by atoms with Crippen molar-refractivity contribution in [1.82, 2.24) is 14.7 Å². The van der Waals surface area contributed by atoms with E-state index in [-0.39, 0.29) is 18.3 Å². The Kier molecular flexibility index (Phi) is 8.98. The van der Waals surface area contributed by atoms with Crippen molar-refractivity contribution in [3.63, 3.8) is 0 Å². The number of rotatable bonds is 9. The summed E-state index contributed by atoms with van der Waals surface area (Å²) in [4.78, 5) is 30.7. The number of fused-ring (bicyclic) bond motifs is 1. The maximum Gasteiger partial charge on any atom is 0.306 e. The van der Waals surface area contributed by atoms with Crippen LogP contribution in [0.3, 0.4) is 0 Å². The fraction of sp³-hybridized carbons (Fsp3) is 0.500. The summed E-state index contributed by atoms with van der Waals surface area (Å²) in [5.74, 6) is 0.660. The molecule has 1 aliphatic rings. The van der Waals surface area contributed by atoms with Crippen molar-refractivity contribution in [2.75, 3.05) is 6.61 Å². The third kappa shape index (κ3) is 7.28. The third-order valence-electron chi connectivity index (χ3n) is 6.84. The van der Waals surface area contributed by atoms with Gasteiger partial charge in [-0.2, -0.15) is 0 Å². The van der Waals surface area contributed by atoms with Crippen molar-refractivity contribution >= 4 is 29.1 Å². The second-order valence-electron chi connectivity index (χ2n) is 11.1. The molecule has 7 nitrogen and oxygen atoms in total. The second kappa shape index (κ2) is 12.2. The van der Waals surface area contributed by atoms with Gasteiger partial charge in [0.2, 0.25) is 0 Å². The molecule has 1 amide bonds. The van der Waals surface area contributed by atoms with Gasteiger partial charge in [-0.25, -0.2) is 4.98 Å². The number of carbonyl (C=O) groups excluding carboxylic acids is 2. The lowest BCUT2D eigenvalue weighted by molar-refractivity contribution is -0.155. The number of hydrogen-bond donors (Lipinski definition) is 1. The molecule has 38 heavy (non-hydrogen) atoms. The highest BCUT2D eigenvalue weighted by Crippen LogP contribution is 2.28. The molecule has 0 radical (unpaired) electrons. The molecule has 0 spiro atoms. The van der Waals surface area contributed by atoms with Crippen molar-refractivity contribution in [2.45, 2.75) is 84.3 Å². The van der Waals surface area contributed by atoms with Gasteiger partial charge in [-0.3, -0.25) is 14.0 Å². The van der Waals surface area contributed by atoms with E-state index in [0.717, 1.165) is 5.56 Å². The Morgan fingerprint density at radius 1 is 1.13 bits per heavy atom. The zero-order valence-electron chi connectivity index (χ0n) is 22.8. The third-order valence-corrected chi connectivity index (χ3v) is 7.09. The predicted molar refractivity (Wildman–Crippen MR) is 149 cm³/mol. The number of esters is 1. The fourth-order valence-electron chi connectivity index (χ4n) is 5.00. The van der Waals surface area contributed by atoms with E-state index in [1.807, 2.05) is 58.2 Å². The number of hydrogen-bond acceptors (Lipinski definition) is 5. The molecule has 0 aliphatic heterocycles. The van der Waals surface area contributed by atoms with E-state index in [4.69, 9.17) is 21.1 Å². The van der Waals surface area contributed by atoms with Crippen molar-refractivity contribution in [3.8, 4) is 5.75 Å².